The summed E-state index contributed by atoms with van der Waals surface area (Å²) < 4.78 is 34.4. The molecule has 1 N–H and O–H groups in total. The first kappa shape index (κ1) is 23.8. The minimum atomic E-state index is -3.89. The number of benzene rings is 3. The van der Waals surface area contributed by atoms with Crippen LogP contribution in [0.3, 0.4) is 0 Å². The minimum Gasteiger partial charge on any atom is -0.476 e. The van der Waals surface area contributed by atoms with Gasteiger partial charge in [0.05, 0.1) is 23.2 Å². The van der Waals surface area contributed by atoms with Crippen LogP contribution in [-0.4, -0.2) is 27.0 Å². The maximum Gasteiger partial charge on any atom is 0.264 e. The zero-order valence-electron chi connectivity index (χ0n) is 19.9. The van der Waals surface area contributed by atoms with Crippen LogP contribution >= 0.6 is 0 Å². The van der Waals surface area contributed by atoms with Crippen LogP contribution in [0.2, 0.25) is 0 Å². The second-order valence-corrected chi connectivity index (χ2v) is 10.6. The molecule has 0 spiro atoms. The number of anilines is 1. The van der Waals surface area contributed by atoms with Gasteiger partial charge in [-0.3, -0.25) is 9.10 Å². The van der Waals surface area contributed by atoms with Crippen molar-refractivity contribution >= 4 is 21.6 Å². The lowest BCUT2D eigenvalue weighted by Gasteiger charge is -2.35. The first-order valence-electron chi connectivity index (χ1n) is 11.4. The number of sulfonamides is 1. The fourth-order valence-corrected chi connectivity index (χ4v) is 5.46. The number of ether oxygens (including phenoxy) is 1. The SMILES string of the molecule is CCc1ccc([C@@H](C)NC(=O)[C@@H]2CN(S(=O)(=O)c3ccc(C)cc3)c3cc(C)ccc3O2)cc1. The van der Waals surface area contributed by atoms with Gasteiger partial charge in [-0.2, -0.15) is 0 Å². The van der Waals surface area contributed by atoms with Gasteiger partial charge in [-0.05, 0) is 68.1 Å². The van der Waals surface area contributed by atoms with Gasteiger partial charge in [0.1, 0.15) is 5.75 Å². The number of carbonyl (C=O) groups is 1. The van der Waals surface area contributed by atoms with Crippen molar-refractivity contribution in [3.8, 4) is 5.75 Å². The Balaban J connectivity index is 1.61. The molecule has 0 saturated heterocycles. The van der Waals surface area contributed by atoms with Gasteiger partial charge in [-0.1, -0.05) is 55.0 Å². The van der Waals surface area contributed by atoms with Crippen LogP contribution in [0, 0.1) is 13.8 Å². The molecule has 3 aromatic carbocycles. The fourth-order valence-electron chi connectivity index (χ4n) is 3.99. The minimum absolute atomic E-state index is 0.111. The summed E-state index contributed by atoms with van der Waals surface area (Å²) in [7, 11) is -3.89. The molecule has 1 aliphatic rings. The third-order valence-corrected chi connectivity index (χ3v) is 7.93. The molecule has 1 heterocycles. The molecule has 3 aromatic rings. The van der Waals surface area contributed by atoms with Gasteiger partial charge in [0.25, 0.3) is 15.9 Å². The monoisotopic (exact) mass is 478 g/mol. The predicted molar refractivity (Wildman–Crippen MR) is 134 cm³/mol. The summed E-state index contributed by atoms with van der Waals surface area (Å²) in [6, 6.07) is 19.9. The lowest BCUT2D eigenvalue weighted by Crippen LogP contribution is -2.51. The molecule has 1 amide bonds. The standard InChI is InChI=1S/C27H30N2O4S/c1-5-21-9-11-22(12-10-21)20(4)28-27(30)26-17-29(24-16-19(3)8-15-25(24)33-26)34(31,32)23-13-6-18(2)7-14-23/h6-16,20,26H,5,17H2,1-4H3,(H,28,30)/t20-,26+/m1/s1. The molecule has 178 valence electrons. The number of nitrogens with one attached hydrogen (secondary N) is 1. The zero-order chi connectivity index (χ0) is 24.5. The Hall–Kier alpha value is -3.32. The number of fused-ring (bicyclic) bond motifs is 1. The summed E-state index contributed by atoms with van der Waals surface area (Å²) in [5, 5.41) is 2.98. The van der Waals surface area contributed by atoms with E-state index in [1.54, 1.807) is 36.4 Å². The van der Waals surface area contributed by atoms with Crippen LogP contribution in [-0.2, 0) is 21.2 Å². The van der Waals surface area contributed by atoms with Crippen molar-refractivity contribution in [2.24, 2.45) is 0 Å². The van der Waals surface area contributed by atoms with Crippen LogP contribution in [0.1, 0.15) is 42.1 Å². The molecule has 1 aliphatic heterocycles. The van der Waals surface area contributed by atoms with E-state index >= 15 is 0 Å². The second-order valence-electron chi connectivity index (χ2n) is 8.75. The molecule has 0 aliphatic carbocycles. The van der Waals surface area contributed by atoms with Gasteiger partial charge in [0, 0.05) is 0 Å². The number of hydrogen-bond donors (Lipinski definition) is 1. The van der Waals surface area contributed by atoms with Crippen molar-refractivity contribution in [2.45, 2.75) is 51.2 Å². The van der Waals surface area contributed by atoms with Crippen LogP contribution in [0.5, 0.6) is 5.75 Å². The van der Waals surface area contributed by atoms with Crippen molar-refractivity contribution in [3.63, 3.8) is 0 Å². The summed E-state index contributed by atoms with van der Waals surface area (Å²) in [5.74, 6) is 0.00929. The number of nitrogens with zero attached hydrogens (tertiary/aromatic N) is 1. The quantitative estimate of drug-likeness (QED) is 0.557. The van der Waals surface area contributed by atoms with E-state index in [9.17, 15) is 13.2 Å². The molecule has 0 radical (unpaired) electrons. The van der Waals surface area contributed by atoms with E-state index in [-0.39, 0.29) is 23.4 Å². The van der Waals surface area contributed by atoms with E-state index in [1.165, 1.54) is 9.87 Å². The molecule has 6 nitrogen and oxygen atoms in total. The van der Waals surface area contributed by atoms with Gasteiger partial charge < -0.3 is 10.1 Å². The Bertz CT molecular complexity index is 1290. The summed E-state index contributed by atoms with van der Waals surface area (Å²) in [6.07, 6.45) is -0.0333. The molecule has 34 heavy (non-hydrogen) atoms. The normalized spacial score (nSPS) is 16.4. The highest BCUT2D eigenvalue weighted by atomic mass is 32.2. The third-order valence-electron chi connectivity index (χ3n) is 6.13. The predicted octanol–water partition coefficient (Wildman–Crippen LogP) is 4.70. The molecule has 0 fully saturated rings. The Labute approximate surface area is 201 Å². The van der Waals surface area contributed by atoms with Gasteiger partial charge >= 0.3 is 0 Å². The topological polar surface area (TPSA) is 75.7 Å². The van der Waals surface area contributed by atoms with E-state index in [1.807, 2.05) is 51.1 Å². The first-order valence-corrected chi connectivity index (χ1v) is 12.9. The summed E-state index contributed by atoms with van der Waals surface area (Å²) in [4.78, 5) is 13.4. The van der Waals surface area contributed by atoms with Gasteiger partial charge in [0.15, 0.2) is 6.10 Å². The van der Waals surface area contributed by atoms with E-state index in [4.69, 9.17) is 4.74 Å². The molecule has 0 saturated carbocycles. The van der Waals surface area contributed by atoms with Gasteiger partial charge in [-0.25, -0.2) is 8.42 Å². The molecule has 2 atom stereocenters. The Morgan fingerprint density at radius 2 is 1.68 bits per heavy atom. The van der Waals surface area contributed by atoms with Crippen LogP contribution in [0.15, 0.2) is 71.6 Å². The van der Waals surface area contributed by atoms with Crippen LogP contribution in [0.4, 0.5) is 5.69 Å². The number of amides is 1. The zero-order valence-corrected chi connectivity index (χ0v) is 20.7. The van der Waals surface area contributed by atoms with Crippen molar-refractivity contribution < 1.29 is 17.9 Å². The highest BCUT2D eigenvalue weighted by molar-refractivity contribution is 7.92. The Morgan fingerprint density at radius 1 is 1.03 bits per heavy atom. The van der Waals surface area contributed by atoms with Crippen molar-refractivity contribution in [2.75, 3.05) is 10.8 Å². The summed E-state index contributed by atoms with van der Waals surface area (Å²) in [6.45, 7) is 7.68. The molecule has 4 rings (SSSR count). The van der Waals surface area contributed by atoms with Gasteiger partial charge in [0.2, 0.25) is 0 Å². The lowest BCUT2D eigenvalue weighted by molar-refractivity contribution is -0.128. The van der Waals surface area contributed by atoms with Crippen molar-refractivity contribution in [1.29, 1.82) is 0 Å². The first-order chi connectivity index (χ1) is 16.2. The summed E-state index contributed by atoms with van der Waals surface area (Å²) >= 11 is 0. The van der Waals surface area contributed by atoms with Gasteiger partial charge in [-0.15, -0.1) is 0 Å². The molecule has 7 heteroatoms. The van der Waals surface area contributed by atoms with E-state index in [0.29, 0.717) is 11.4 Å². The number of rotatable bonds is 6. The molecular formula is C27H30N2O4S. The molecular weight excluding hydrogens is 448 g/mol. The van der Waals surface area contributed by atoms with Crippen LogP contribution < -0.4 is 14.4 Å². The average molecular weight is 479 g/mol. The molecule has 0 aromatic heterocycles. The fraction of sp³-hybridized carbons (Fsp3) is 0.296. The maximum absolute atomic E-state index is 13.6. The smallest absolute Gasteiger partial charge is 0.264 e. The van der Waals surface area contributed by atoms with E-state index < -0.39 is 16.1 Å². The highest BCUT2D eigenvalue weighted by Crippen LogP contribution is 2.38. The highest BCUT2D eigenvalue weighted by Gasteiger charge is 2.38. The third kappa shape index (κ3) is 4.80. The Kier molecular flexibility index (Phi) is 6.66. The number of aryl methyl sites for hydroxylation is 3. The lowest BCUT2D eigenvalue weighted by atomic mass is 10.0. The average Bonchev–Trinajstić information content (AvgIpc) is 2.83. The van der Waals surface area contributed by atoms with E-state index in [2.05, 4.69) is 12.2 Å². The largest absolute Gasteiger partial charge is 0.476 e. The van der Waals surface area contributed by atoms with Crippen molar-refractivity contribution in [1.82, 2.24) is 5.32 Å². The summed E-state index contributed by atoms with van der Waals surface area (Å²) in [5.41, 5.74) is 4.50. The van der Waals surface area contributed by atoms with E-state index in [0.717, 1.165) is 23.1 Å². The van der Waals surface area contributed by atoms with Crippen LogP contribution in [0.25, 0.3) is 0 Å². The Morgan fingerprint density at radius 3 is 2.32 bits per heavy atom. The maximum atomic E-state index is 13.6. The number of hydrogen-bond acceptors (Lipinski definition) is 4. The molecule has 0 unspecified atom stereocenters. The second kappa shape index (κ2) is 9.50. The number of carbonyl (C=O) groups excluding carboxylic acids is 1. The van der Waals surface area contributed by atoms with Crippen molar-refractivity contribution in [3.05, 3.63) is 89.0 Å². The molecule has 0 bridgehead atoms.